The Kier molecular flexibility index (Phi) is 6.04. The fraction of sp³-hybridized carbons (Fsp3) is 0.440. The van der Waals surface area contributed by atoms with Gasteiger partial charge in [0.15, 0.2) is 17.1 Å². The first-order valence-electron chi connectivity index (χ1n) is 12.2. The highest BCUT2D eigenvalue weighted by molar-refractivity contribution is 6.25. The molecule has 1 aromatic carbocycles. The summed E-state index contributed by atoms with van der Waals surface area (Å²) in [5.41, 5.74) is 5.76. The molecule has 4 aliphatic rings. The molecular formula is C25H27FN4O8. The van der Waals surface area contributed by atoms with Crippen molar-refractivity contribution in [2.24, 2.45) is 29.2 Å². The fourth-order valence-corrected chi connectivity index (χ4v) is 5.74. The van der Waals surface area contributed by atoms with Crippen LogP contribution in [0.15, 0.2) is 28.7 Å². The lowest BCUT2D eigenvalue weighted by atomic mass is 9.59. The molecule has 13 heteroatoms. The number of primary amides is 1. The predicted molar refractivity (Wildman–Crippen MR) is 128 cm³/mol. The van der Waals surface area contributed by atoms with Gasteiger partial charge in [-0.3, -0.25) is 19.2 Å². The Morgan fingerprint density at radius 3 is 2.50 bits per heavy atom. The maximum absolute atomic E-state index is 15.2. The zero-order valence-electron chi connectivity index (χ0n) is 20.1. The number of phenols is 1. The van der Waals surface area contributed by atoms with E-state index in [1.807, 2.05) is 0 Å². The van der Waals surface area contributed by atoms with Gasteiger partial charge in [0.2, 0.25) is 11.7 Å². The average molecular weight is 531 g/mol. The van der Waals surface area contributed by atoms with Crippen LogP contribution < -0.4 is 22.1 Å². The summed E-state index contributed by atoms with van der Waals surface area (Å²) in [6.07, 6.45) is 1.69. The summed E-state index contributed by atoms with van der Waals surface area (Å²) in [7, 11) is 0. The van der Waals surface area contributed by atoms with Crippen molar-refractivity contribution < 1.29 is 44.0 Å². The van der Waals surface area contributed by atoms with Gasteiger partial charge in [-0.15, -0.1) is 0 Å². The Morgan fingerprint density at radius 1 is 1.18 bits per heavy atom. The molecule has 0 saturated heterocycles. The van der Waals surface area contributed by atoms with Crippen molar-refractivity contribution >= 4 is 29.1 Å². The van der Waals surface area contributed by atoms with E-state index in [4.69, 9.17) is 11.5 Å². The SMILES string of the molecule is NC(=O)C1=C(O)[C@@H](N)[C@@H]2C[C@@H]3Cc4c(F)cc(NC(=O)CNCC5CC5)c(O)c4C(=O)C3=C(O)[C@]2(O)C1=O. The maximum atomic E-state index is 15.2. The third-order valence-electron chi connectivity index (χ3n) is 7.89. The first-order chi connectivity index (χ1) is 17.9. The number of phenolic OH excluding ortho intramolecular Hbond substituents is 1. The lowest BCUT2D eigenvalue weighted by molar-refractivity contribution is -0.145. The number of carbonyl (C=O) groups excluding carboxylic acids is 4. The van der Waals surface area contributed by atoms with Crippen LogP contribution in [0.5, 0.6) is 5.75 Å². The van der Waals surface area contributed by atoms with Crippen molar-refractivity contribution in [3.8, 4) is 5.75 Å². The van der Waals surface area contributed by atoms with E-state index < -0.39 is 86.7 Å². The van der Waals surface area contributed by atoms with Gasteiger partial charge in [-0.25, -0.2) is 4.39 Å². The first kappa shape index (κ1) is 25.8. The number of aliphatic hydroxyl groups is 3. The molecule has 0 aromatic heterocycles. The molecule has 0 spiro atoms. The molecule has 1 saturated carbocycles. The van der Waals surface area contributed by atoms with Crippen LogP contribution in [0, 0.1) is 23.6 Å². The number of amides is 2. The quantitative estimate of drug-likeness (QED) is 0.175. The molecule has 38 heavy (non-hydrogen) atoms. The number of rotatable bonds is 6. The summed E-state index contributed by atoms with van der Waals surface area (Å²) in [4.78, 5) is 50.7. The Balaban J connectivity index is 1.53. The van der Waals surface area contributed by atoms with E-state index in [2.05, 4.69) is 10.6 Å². The number of halogens is 1. The number of nitrogens with two attached hydrogens (primary N) is 2. The van der Waals surface area contributed by atoms with Crippen LogP contribution in [0.2, 0.25) is 0 Å². The standard InChI is InChI=1S/C25H27FN4O8/c26-12-5-13(30-14(31)7-29-6-8-1-2-8)19(32)16-10(12)3-9-4-11-18(27)21(34)17(24(28)37)23(36)25(11,38)22(35)15(9)20(16)33/h5,8-9,11,18,29,32,34-35,38H,1-4,6-7,27H2,(H2,28,37)(H,30,31)/t9-,11-,18-,25-/m0/s1. The Bertz CT molecular complexity index is 1370. The molecule has 4 aliphatic carbocycles. The molecule has 0 heterocycles. The minimum absolute atomic E-state index is 0.101. The molecule has 1 aromatic rings. The maximum Gasteiger partial charge on any atom is 0.255 e. The van der Waals surface area contributed by atoms with Crippen LogP contribution in [-0.4, -0.2) is 68.5 Å². The number of hydrogen-bond acceptors (Lipinski definition) is 10. The number of carbonyl (C=O) groups is 4. The van der Waals surface area contributed by atoms with Gasteiger partial charge < -0.3 is 42.5 Å². The molecule has 0 unspecified atom stereocenters. The van der Waals surface area contributed by atoms with Gasteiger partial charge in [-0.2, -0.15) is 0 Å². The summed E-state index contributed by atoms with van der Waals surface area (Å²) >= 11 is 0. The van der Waals surface area contributed by atoms with Crippen molar-refractivity contribution in [1.29, 1.82) is 0 Å². The number of fused-ring (bicyclic) bond motifs is 3. The van der Waals surface area contributed by atoms with E-state index in [1.54, 1.807) is 0 Å². The van der Waals surface area contributed by atoms with Crippen LogP contribution in [-0.2, 0) is 20.8 Å². The van der Waals surface area contributed by atoms with Crippen molar-refractivity contribution in [2.75, 3.05) is 18.4 Å². The van der Waals surface area contributed by atoms with Gasteiger partial charge in [0.05, 0.1) is 23.8 Å². The number of nitrogens with one attached hydrogen (secondary N) is 2. The highest BCUT2D eigenvalue weighted by Gasteiger charge is 2.62. The zero-order valence-corrected chi connectivity index (χ0v) is 20.1. The average Bonchev–Trinajstić information content (AvgIpc) is 3.67. The third-order valence-corrected chi connectivity index (χ3v) is 7.89. The van der Waals surface area contributed by atoms with Crippen molar-refractivity contribution in [1.82, 2.24) is 5.32 Å². The Hall–Kier alpha value is -3.81. The second-order valence-electron chi connectivity index (χ2n) is 10.3. The number of aromatic hydroxyl groups is 1. The zero-order chi connectivity index (χ0) is 27.7. The summed E-state index contributed by atoms with van der Waals surface area (Å²) in [5.74, 6) is -9.85. The van der Waals surface area contributed by atoms with Crippen molar-refractivity contribution in [2.45, 2.75) is 37.3 Å². The monoisotopic (exact) mass is 530 g/mol. The molecule has 0 bridgehead atoms. The summed E-state index contributed by atoms with van der Waals surface area (Å²) in [6.45, 7) is 0.540. The topological polar surface area (TPSA) is 225 Å². The van der Waals surface area contributed by atoms with Gasteiger partial charge in [0.25, 0.3) is 5.91 Å². The Labute approximate surface area is 215 Å². The van der Waals surface area contributed by atoms with Gasteiger partial charge >= 0.3 is 0 Å². The minimum atomic E-state index is -2.86. The van der Waals surface area contributed by atoms with E-state index in [9.17, 15) is 39.6 Å². The van der Waals surface area contributed by atoms with E-state index in [1.165, 1.54) is 0 Å². The molecule has 12 nitrogen and oxygen atoms in total. The molecule has 0 aliphatic heterocycles. The first-order valence-corrected chi connectivity index (χ1v) is 12.2. The second kappa shape index (κ2) is 8.89. The van der Waals surface area contributed by atoms with Gasteiger partial charge in [0, 0.05) is 23.1 Å². The van der Waals surface area contributed by atoms with Crippen molar-refractivity contribution in [3.63, 3.8) is 0 Å². The Morgan fingerprint density at radius 2 is 1.87 bits per heavy atom. The molecule has 0 radical (unpaired) electrons. The second-order valence-corrected chi connectivity index (χ2v) is 10.3. The number of anilines is 1. The molecule has 202 valence electrons. The van der Waals surface area contributed by atoms with Gasteiger partial charge in [-0.05, 0) is 44.1 Å². The number of hydrogen-bond donors (Lipinski definition) is 8. The largest absolute Gasteiger partial charge is 0.510 e. The molecule has 5 rings (SSSR count). The fourth-order valence-electron chi connectivity index (χ4n) is 5.74. The van der Waals surface area contributed by atoms with Crippen LogP contribution in [0.3, 0.4) is 0 Å². The summed E-state index contributed by atoms with van der Waals surface area (Å²) in [5, 5.41) is 48.9. The number of ketones is 2. The lowest BCUT2D eigenvalue weighted by Gasteiger charge is -2.47. The lowest BCUT2D eigenvalue weighted by Crippen LogP contribution is -2.63. The number of allylic oxidation sites excluding steroid dienone is 1. The molecule has 4 atom stereocenters. The smallest absolute Gasteiger partial charge is 0.255 e. The summed E-state index contributed by atoms with van der Waals surface area (Å²) in [6, 6.07) is -0.609. The van der Waals surface area contributed by atoms with E-state index in [0.29, 0.717) is 12.5 Å². The van der Waals surface area contributed by atoms with E-state index in [0.717, 1.165) is 18.9 Å². The van der Waals surface area contributed by atoms with Crippen LogP contribution in [0.25, 0.3) is 0 Å². The third kappa shape index (κ3) is 3.77. The molecular weight excluding hydrogens is 503 g/mol. The molecule has 2 amide bonds. The normalized spacial score (nSPS) is 28.6. The van der Waals surface area contributed by atoms with Crippen LogP contribution >= 0.6 is 0 Å². The predicted octanol–water partition coefficient (Wildman–Crippen LogP) is -0.405. The van der Waals surface area contributed by atoms with E-state index in [-0.39, 0.29) is 30.6 Å². The highest BCUT2D eigenvalue weighted by atomic mass is 19.1. The number of benzene rings is 1. The molecule has 1 fully saturated rings. The highest BCUT2D eigenvalue weighted by Crippen LogP contribution is 2.52. The van der Waals surface area contributed by atoms with Crippen molar-refractivity contribution in [3.05, 3.63) is 45.7 Å². The minimum Gasteiger partial charge on any atom is -0.510 e. The number of aliphatic hydroxyl groups excluding tert-OH is 2. The van der Waals surface area contributed by atoms with Gasteiger partial charge in [-0.1, -0.05) is 0 Å². The molecule has 10 N–H and O–H groups in total. The van der Waals surface area contributed by atoms with Gasteiger partial charge in [0.1, 0.15) is 22.9 Å². The summed E-state index contributed by atoms with van der Waals surface area (Å²) < 4.78 is 15.2. The van der Waals surface area contributed by atoms with E-state index >= 15 is 4.39 Å². The van der Waals surface area contributed by atoms with Crippen LogP contribution in [0.1, 0.15) is 35.2 Å². The number of Topliss-reactive ketones (excluding diaryl/α,β-unsaturated/α-hetero) is 2. The van der Waals surface area contributed by atoms with Crippen LogP contribution in [0.4, 0.5) is 10.1 Å².